The molecular weight excluding hydrogens is 315 g/mol. The van der Waals surface area contributed by atoms with Crippen molar-refractivity contribution >= 4 is 28.2 Å². The number of benzene rings is 2. The van der Waals surface area contributed by atoms with Gasteiger partial charge in [-0.1, -0.05) is 18.2 Å². The zero-order valence-corrected chi connectivity index (χ0v) is 12.6. The largest absolute Gasteiger partial charge is 0.298 e. The van der Waals surface area contributed by atoms with E-state index >= 15 is 0 Å². The molecule has 1 heterocycles. The zero-order chi connectivity index (χ0) is 16.2. The van der Waals surface area contributed by atoms with E-state index < -0.39 is 11.7 Å². The minimum Gasteiger partial charge on any atom is -0.298 e. The summed E-state index contributed by atoms with van der Waals surface area (Å²) in [5, 5.41) is 4.85. The molecule has 0 aliphatic heterocycles. The zero-order valence-electron chi connectivity index (χ0n) is 11.8. The normalized spacial score (nSPS) is 10.3. The van der Waals surface area contributed by atoms with E-state index in [2.05, 4.69) is 10.3 Å². The van der Waals surface area contributed by atoms with Crippen LogP contribution in [0.1, 0.15) is 26.3 Å². The predicted molar refractivity (Wildman–Crippen MR) is 86.3 cm³/mol. The maximum absolute atomic E-state index is 13.0. The van der Waals surface area contributed by atoms with Gasteiger partial charge in [0.05, 0.1) is 5.56 Å². The first-order chi connectivity index (χ1) is 11.1. The molecular formula is C17H11FN2O2S. The fraction of sp³-hybridized carbons (Fsp3) is 0. The number of nitrogens with zero attached hydrogens (tertiary/aromatic N) is 1. The van der Waals surface area contributed by atoms with Gasteiger partial charge in [0, 0.05) is 22.7 Å². The molecule has 0 saturated carbocycles. The molecule has 0 fully saturated rings. The van der Waals surface area contributed by atoms with E-state index in [9.17, 15) is 14.0 Å². The molecule has 1 amide bonds. The van der Waals surface area contributed by atoms with Crippen LogP contribution < -0.4 is 5.32 Å². The maximum atomic E-state index is 13.0. The molecule has 3 aromatic rings. The van der Waals surface area contributed by atoms with Crippen LogP contribution in [0.25, 0.3) is 0 Å². The summed E-state index contributed by atoms with van der Waals surface area (Å²) in [6.07, 6.45) is 1.58. The minimum absolute atomic E-state index is 0.247. The molecule has 23 heavy (non-hydrogen) atoms. The Morgan fingerprint density at radius 2 is 1.70 bits per heavy atom. The van der Waals surface area contributed by atoms with E-state index in [1.54, 1.807) is 35.8 Å². The minimum atomic E-state index is -0.420. The summed E-state index contributed by atoms with van der Waals surface area (Å²) in [7, 11) is 0. The number of carbonyl (C=O) groups is 2. The molecule has 114 valence electrons. The van der Waals surface area contributed by atoms with Gasteiger partial charge in [0.1, 0.15) is 5.82 Å². The highest BCUT2D eigenvalue weighted by molar-refractivity contribution is 7.13. The third-order valence-corrected chi connectivity index (χ3v) is 3.86. The van der Waals surface area contributed by atoms with Gasteiger partial charge < -0.3 is 0 Å². The fourth-order valence-electron chi connectivity index (χ4n) is 2.09. The van der Waals surface area contributed by atoms with Crippen molar-refractivity contribution in [2.24, 2.45) is 0 Å². The standard InChI is InChI=1S/C17H11FN2O2S/c18-12-7-5-11(6-8-12)15(21)13-3-1-2-4-14(13)16(22)20-17-19-9-10-23-17/h1-10H,(H,19,20,22). The molecule has 6 heteroatoms. The highest BCUT2D eigenvalue weighted by Gasteiger charge is 2.18. The molecule has 0 radical (unpaired) electrons. The number of aromatic nitrogens is 1. The van der Waals surface area contributed by atoms with E-state index in [1.165, 1.54) is 35.6 Å². The van der Waals surface area contributed by atoms with Gasteiger partial charge in [-0.3, -0.25) is 14.9 Å². The summed E-state index contributed by atoms with van der Waals surface area (Å²) in [6.45, 7) is 0. The Morgan fingerprint density at radius 1 is 1.00 bits per heavy atom. The first-order valence-electron chi connectivity index (χ1n) is 6.75. The highest BCUT2D eigenvalue weighted by atomic mass is 32.1. The van der Waals surface area contributed by atoms with Crippen molar-refractivity contribution in [3.8, 4) is 0 Å². The number of carbonyl (C=O) groups excluding carboxylic acids is 2. The summed E-state index contributed by atoms with van der Waals surface area (Å²) >= 11 is 1.29. The third kappa shape index (κ3) is 3.32. The quantitative estimate of drug-likeness (QED) is 0.743. The average Bonchev–Trinajstić information content (AvgIpc) is 3.08. The number of hydrogen-bond donors (Lipinski definition) is 1. The number of anilines is 1. The van der Waals surface area contributed by atoms with Crippen LogP contribution in [0.4, 0.5) is 9.52 Å². The number of nitrogens with one attached hydrogen (secondary N) is 1. The Morgan fingerprint density at radius 3 is 2.35 bits per heavy atom. The van der Waals surface area contributed by atoms with Gasteiger partial charge in [-0.25, -0.2) is 9.37 Å². The van der Waals surface area contributed by atoms with Crippen molar-refractivity contribution in [3.63, 3.8) is 0 Å². The van der Waals surface area contributed by atoms with Gasteiger partial charge in [-0.05, 0) is 30.3 Å². The monoisotopic (exact) mass is 326 g/mol. The lowest BCUT2D eigenvalue weighted by atomic mass is 9.98. The van der Waals surface area contributed by atoms with E-state index in [4.69, 9.17) is 0 Å². The first-order valence-corrected chi connectivity index (χ1v) is 7.63. The molecule has 0 atom stereocenters. The number of amides is 1. The molecule has 0 aliphatic carbocycles. The fourth-order valence-corrected chi connectivity index (χ4v) is 2.61. The number of halogens is 1. The molecule has 0 saturated heterocycles. The second kappa shape index (κ2) is 6.50. The molecule has 0 spiro atoms. The Bertz CT molecular complexity index is 845. The summed E-state index contributed by atoms with van der Waals surface area (Å²) in [5.74, 6) is -1.17. The van der Waals surface area contributed by atoms with Crippen molar-refractivity contribution in [1.82, 2.24) is 4.98 Å². The van der Waals surface area contributed by atoms with Crippen LogP contribution in [-0.4, -0.2) is 16.7 Å². The lowest BCUT2D eigenvalue weighted by Crippen LogP contribution is -2.16. The second-order valence-electron chi connectivity index (χ2n) is 4.67. The Kier molecular flexibility index (Phi) is 4.25. The van der Waals surface area contributed by atoms with E-state index in [1.807, 2.05) is 0 Å². The lowest BCUT2D eigenvalue weighted by Gasteiger charge is -2.08. The average molecular weight is 326 g/mol. The van der Waals surface area contributed by atoms with Crippen LogP contribution in [0, 0.1) is 5.82 Å². The number of hydrogen-bond acceptors (Lipinski definition) is 4. The van der Waals surface area contributed by atoms with Crippen molar-refractivity contribution in [2.75, 3.05) is 5.32 Å². The number of thiazole rings is 1. The van der Waals surface area contributed by atoms with Crippen LogP contribution in [0.2, 0.25) is 0 Å². The summed E-state index contributed by atoms with van der Waals surface area (Å²) in [4.78, 5) is 28.9. The van der Waals surface area contributed by atoms with Crippen LogP contribution in [0.5, 0.6) is 0 Å². The summed E-state index contributed by atoms with van der Waals surface area (Å²) in [6, 6.07) is 11.7. The third-order valence-electron chi connectivity index (χ3n) is 3.18. The van der Waals surface area contributed by atoms with Gasteiger partial charge >= 0.3 is 0 Å². The van der Waals surface area contributed by atoms with Gasteiger partial charge in [0.15, 0.2) is 10.9 Å². The second-order valence-corrected chi connectivity index (χ2v) is 5.57. The predicted octanol–water partition coefficient (Wildman–Crippen LogP) is 3.77. The molecule has 1 N–H and O–H groups in total. The molecule has 2 aromatic carbocycles. The molecule has 3 rings (SSSR count). The van der Waals surface area contributed by atoms with Gasteiger partial charge in [0.25, 0.3) is 5.91 Å². The smallest absolute Gasteiger partial charge is 0.258 e. The Hall–Kier alpha value is -2.86. The van der Waals surface area contributed by atoms with Gasteiger partial charge in [-0.2, -0.15) is 0 Å². The highest BCUT2D eigenvalue weighted by Crippen LogP contribution is 2.18. The molecule has 4 nitrogen and oxygen atoms in total. The SMILES string of the molecule is O=C(Nc1nccs1)c1ccccc1C(=O)c1ccc(F)cc1. The van der Waals surface area contributed by atoms with Crippen molar-refractivity contribution in [3.05, 3.63) is 82.6 Å². The van der Waals surface area contributed by atoms with Gasteiger partial charge in [-0.15, -0.1) is 11.3 Å². The first kappa shape index (κ1) is 15.1. The molecule has 1 aromatic heterocycles. The summed E-state index contributed by atoms with van der Waals surface area (Å²) in [5.41, 5.74) is 0.825. The van der Waals surface area contributed by atoms with Crippen LogP contribution in [-0.2, 0) is 0 Å². The Labute approximate surface area is 135 Å². The Balaban J connectivity index is 1.92. The topological polar surface area (TPSA) is 59.1 Å². The van der Waals surface area contributed by atoms with Crippen molar-refractivity contribution in [1.29, 1.82) is 0 Å². The number of ketones is 1. The van der Waals surface area contributed by atoms with E-state index in [-0.39, 0.29) is 16.9 Å². The maximum Gasteiger partial charge on any atom is 0.258 e. The van der Waals surface area contributed by atoms with Crippen LogP contribution >= 0.6 is 11.3 Å². The summed E-state index contributed by atoms with van der Waals surface area (Å²) < 4.78 is 13.0. The van der Waals surface area contributed by atoms with Crippen LogP contribution in [0.3, 0.4) is 0 Å². The van der Waals surface area contributed by atoms with Crippen LogP contribution in [0.15, 0.2) is 60.1 Å². The van der Waals surface area contributed by atoms with Gasteiger partial charge in [0.2, 0.25) is 0 Å². The molecule has 0 unspecified atom stereocenters. The lowest BCUT2D eigenvalue weighted by molar-refractivity contribution is 0.0996. The molecule has 0 aliphatic rings. The van der Waals surface area contributed by atoms with Crippen molar-refractivity contribution in [2.45, 2.75) is 0 Å². The number of rotatable bonds is 4. The van der Waals surface area contributed by atoms with Crippen molar-refractivity contribution < 1.29 is 14.0 Å². The van der Waals surface area contributed by atoms with E-state index in [0.717, 1.165) is 0 Å². The van der Waals surface area contributed by atoms with E-state index in [0.29, 0.717) is 10.7 Å². The molecule has 0 bridgehead atoms.